The van der Waals surface area contributed by atoms with Gasteiger partial charge in [-0.25, -0.2) is 12.8 Å². The van der Waals surface area contributed by atoms with Crippen LogP contribution < -0.4 is 5.32 Å². The molecule has 5 heteroatoms. The first-order valence-electron chi connectivity index (χ1n) is 6.50. The lowest BCUT2D eigenvalue weighted by Crippen LogP contribution is -2.25. The van der Waals surface area contributed by atoms with Gasteiger partial charge in [0.15, 0.2) is 0 Å². The Balaban J connectivity index is 2.91. The second-order valence-electron chi connectivity index (χ2n) is 4.95. The third-order valence-electron chi connectivity index (χ3n) is 2.94. The van der Waals surface area contributed by atoms with Crippen LogP contribution in [0.5, 0.6) is 0 Å². The maximum absolute atomic E-state index is 13.9. The van der Waals surface area contributed by atoms with Crippen molar-refractivity contribution < 1.29 is 12.8 Å². The summed E-state index contributed by atoms with van der Waals surface area (Å²) in [6, 6.07) is 4.68. The molecule has 19 heavy (non-hydrogen) atoms. The first-order valence-corrected chi connectivity index (χ1v) is 8.56. The van der Waals surface area contributed by atoms with Crippen molar-refractivity contribution in [2.75, 3.05) is 18.6 Å². The first-order chi connectivity index (χ1) is 8.83. The van der Waals surface area contributed by atoms with E-state index in [1.165, 1.54) is 12.3 Å². The van der Waals surface area contributed by atoms with Crippen LogP contribution in [0.25, 0.3) is 0 Å². The molecule has 0 amide bonds. The Morgan fingerprint density at radius 2 is 2.05 bits per heavy atom. The summed E-state index contributed by atoms with van der Waals surface area (Å²) >= 11 is 0. The first kappa shape index (κ1) is 16.1. The molecule has 108 valence electrons. The number of benzene rings is 1. The van der Waals surface area contributed by atoms with Crippen LogP contribution in [-0.4, -0.2) is 27.0 Å². The molecule has 1 atom stereocenters. The van der Waals surface area contributed by atoms with E-state index in [9.17, 15) is 12.8 Å². The van der Waals surface area contributed by atoms with Crippen molar-refractivity contribution >= 4 is 9.84 Å². The summed E-state index contributed by atoms with van der Waals surface area (Å²) in [6.07, 6.45) is 2.51. The lowest BCUT2D eigenvalue weighted by atomic mass is 10.0. The highest BCUT2D eigenvalue weighted by atomic mass is 32.2. The molecule has 0 heterocycles. The zero-order chi connectivity index (χ0) is 14.5. The zero-order valence-corrected chi connectivity index (χ0v) is 12.6. The van der Waals surface area contributed by atoms with Crippen LogP contribution in [0.3, 0.4) is 0 Å². The molecule has 1 aromatic rings. The highest BCUT2D eigenvalue weighted by Crippen LogP contribution is 2.22. The van der Waals surface area contributed by atoms with Crippen LogP contribution >= 0.6 is 0 Å². The van der Waals surface area contributed by atoms with E-state index < -0.39 is 9.84 Å². The molecular weight excluding hydrogens is 265 g/mol. The molecule has 0 aliphatic rings. The number of rotatable bonds is 7. The van der Waals surface area contributed by atoms with Crippen molar-refractivity contribution in [3.8, 4) is 0 Å². The Morgan fingerprint density at radius 3 is 2.63 bits per heavy atom. The monoisotopic (exact) mass is 287 g/mol. The van der Waals surface area contributed by atoms with Crippen molar-refractivity contribution in [3.63, 3.8) is 0 Å². The van der Waals surface area contributed by atoms with Crippen molar-refractivity contribution in [2.24, 2.45) is 0 Å². The maximum atomic E-state index is 13.9. The van der Waals surface area contributed by atoms with Gasteiger partial charge in [0.05, 0.1) is 5.75 Å². The Labute approximate surface area is 115 Å². The van der Waals surface area contributed by atoms with Crippen molar-refractivity contribution in [1.29, 1.82) is 0 Å². The molecule has 1 N–H and O–H groups in total. The number of hydrogen-bond acceptors (Lipinski definition) is 3. The molecule has 0 bridgehead atoms. The van der Waals surface area contributed by atoms with E-state index in [-0.39, 0.29) is 17.6 Å². The summed E-state index contributed by atoms with van der Waals surface area (Å²) in [5.41, 5.74) is 1.52. The Bertz CT molecular complexity index is 514. The van der Waals surface area contributed by atoms with E-state index in [1.54, 1.807) is 12.1 Å². The summed E-state index contributed by atoms with van der Waals surface area (Å²) in [7, 11) is -3.04. The summed E-state index contributed by atoms with van der Waals surface area (Å²) in [5, 5.41) is 3.22. The predicted molar refractivity (Wildman–Crippen MR) is 76.5 cm³/mol. The molecule has 1 rings (SSSR count). The normalized spacial score (nSPS) is 13.5. The van der Waals surface area contributed by atoms with E-state index in [0.29, 0.717) is 12.0 Å². The zero-order valence-electron chi connectivity index (χ0n) is 11.7. The van der Waals surface area contributed by atoms with Gasteiger partial charge in [0.2, 0.25) is 0 Å². The van der Waals surface area contributed by atoms with Gasteiger partial charge < -0.3 is 5.32 Å². The van der Waals surface area contributed by atoms with Crippen LogP contribution in [0.4, 0.5) is 4.39 Å². The standard InChI is InChI=1S/C14H22FNO2S/c1-4-8-16-14(7-9-19(3,17)18)12-10-11(2)5-6-13(12)15/h5-6,10,14,16H,4,7-9H2,1-3H3. The second-order valence-corrected chi connectivity index (χ2v) is 7.21. The molecule has 3 nitrogen and oxygen atoms in total. The molecule has 0 aliphatic heterocycles. The smallest absolute Gasteiger partial charge is 0.147 e. The number of halogens is 1. The number of hydrogen-bond donors (Lipinski definition) is 1. The fourth-order valence-electron chi connectivity index (χ4n) is 1.95. The van der Waals surface area contributed by atoms with E-state index >= 15 is 0 Å². The fraction of sp³-hybridized carbons (Fsp3) is 0.571. The van der Waals surface area contributed by atoms with Gasteiger partial charge in [-0.2, -0.15) is 0 Å². The predicted octanol–water partition coefficient (Wildman–Crippen LogP) is 2.61. The van der Waals surface area contributed by atoms with Crippen LogP contribution in [0, 0.1) is 12.7 Å². The average Bonchev–Trinajstić information content (AvgIpc) is 2.32. The molecule has 1 unspecified atom stereocenters. The maximum Gasteiger partial charge on any atom is 0.147 e. The minimum absolute atomic E-state index is 0.0573. The topological polar surface area (TPSA) is 46.2 Å². The molecule has 0 spiro atoms. The van der Waals surface area contributed by atoms with Gasteiger partial charge in [-0.3, -0.25) is 0 Å². The van der Waals surface area contributed by atoms with E-state index in [2.05, 4.69) is 5.32 Å². The van der Waals surface area contributed by atoms with Crippen LogP contribution in [0.1, 0.15) is 36.9 Å². The average molecular weight is 287 g/mol. The van der Waals surface area contributed by atoms with Crippen LogP contribution in [0.15, 0.2) is 18.2 Å². The molecular formula is C14H22FNO2S. The largest absolute Gasteiger partial charge is 0.310 e. The van der Waals surface area contributed by atoms with Gasteiger partial charge in [-0.1, -0.05) is 24.6 Å². The SMILES string of the molecule is CCCNC(CCS(C)(=O)=O)c1cc(C)ccc1F. The molecule has 1 aromatic carbocycles. The van der Waals surface area contributed by atoms with Crippen molar-refractivity contribution in [2.45, 2.75) is 32.7 Å². The molecule has 0 radical (unpaired) electrons. The fourth-order valence-corrected chi connectivity index (χ4v) is 2.61. The van der Waals surface area contributed by atoms with Gasteiger partial charge >= 0.3 is 0 Å². The highest BCUT2D eigenvalue weighted by Gasteiger charge is 2.17. The summed E-state index contributed by atoms with van der Waals surface area (Å²) in [6.45, 7) is 4.66. The van der Waals surface area contributed by atoms with E-state index in [0.717, 1.165) is 18.5 Å². The van der Waals surface area contributed by atoms with Crippen molar-refractivity contribution in [3.05, 3.63) is 35.1 Å². The van der Waals surface area contributed by atoms with Crippen molar-refractivity contribution in [1.82, 2.24) is 5.32 Å². The summed E-state index contributed by atoms with van der Waals surface area (Å²) in [5.74, 6) is -0.227. The van der Waals surface area contributed by atoms with E-state index in [4.69, 9.17) is 0 Å². The lowest BCUT2D eigenvalue weighted by Gasteiger charge is -2.19. The molecule has 0 fully saturated rings. The minimum atomic E-state index is -3.04. The Kier molecular flexibility index (Phi) is 5.94. The Hall–Kier alpha value is -0.940. The third kappa shape index (κ3) is 5.70. The van der Waals surface area contributed by atoms with Crippen LogP contribution in [-0.2, 0) is 9.84 Å². The van der Waals surface area contributed by atoms with Gasteiger partial charge in [0.1, 0.15) is 15.7 Å². The lowest BCUT2D eigenvalue weighted by molar-refractivity contribution is 0.486. The third-order valence-corrected chi connectivity index (χ3v) is 3.92. The van der Waals surface area contributed by atoms with Gasteiger partial charge in [0.25, 0.3) is 0 Å². The molecule has 0 aromatic heterocycles. The Morgan fingerprint density at radius 1 is 1.37 bits per heavy atom. The molecule has 0 aliphatic carbocycles. The summed E-state index contributed by atoms with van der Waals surface area (Å²) in [4.78, 5) is 0. The minimum Gasteiger partial charge on any atom is -0.310 e. The quantitative estimate of drug-likeness (QED) is 0.838. The van der Waals surface area contributed by atoms with Gasteiger partial charge in [-0.15, -0.1) is 0 Å². The van der Waals surface area contributed by atoms with Crippen LogP contribution in [0.2, 0.25) is 0 Å². The molecule has 0 saturated heterocycles. The number of sulfone groups is 1. The summed E-state index contributed by atoms with van der Waals surface area (Å²) < 4.78 is 36.4. The highest BCUT2D eigenvalue weighted by molar-refractivity contribution is 7.90. The second kappa shape index (κ2) is 7.01. The van der Waals surface area contributed by atoms with Gasteiger partial charge in [0, 0.05) is 17.9 Å². The number of nitrogens with one attached hydrogen (secondary N) is 1. The number of aryl methyl sites for hydroxylation is 1. The van der Waals surface area contributed by atoms with E-state index in [1.807, 2.05) is 13.8 Å². The van der Waals surface area contributed by atoms with Gasteiger partial charge in [-0.05, 0) is 32.4 Å². The molecule has 0 saturated carbocycles.